The predicted molar refractivity (Wildman–Crippen MR) is 113 cm³/mol. The minimum Gasteiger partial charge on any atom is -0.456 e. The Kier molecular flexibility index (Phi) is 4.82. The largest absolute Gasteiger partial charge is 0.456 e. The highest BCUT2D eigenvalue weighted by molar-refractivity contribution is 5.89. The average molecular weight is 367 g/mol. The maximum Gasteiger partial charge on any atom is 0.136 e. The normalized spacial score (nSPS) is 10.8. The standard InChI is InChI=1S/C24H21N3O/c1-3-27(4-2)21-8-7-17-13-19(6-5-18(17)14-21)23-9-10-24(28-23)22-11-12-26-16-20(22)15-25/h5-14,16H,3-4H2,1-2H3. The number of hydrogen-bond donors (Lipinski definition) is 0. The monoisotopic (exact) mass is 367 g/mol. The first-order valence-electron chi connectivity index (χ1n) is 9.47. The van der Waals surface area contributed by atoms with Crippen molar-refractivity contribution in [3.63, 3.8) is 0 Å². The first kappa shape index (κ1) is 17.8. The Hall–Kier alpha value is -3.58. The summed E-state index contributed by atoms with van der Waals surface area (Å²) in [5.74, 6) is 1.45. The van der Waals surface area contributed by atoms with Gasteiger partial charge in [-0.2, -0.15) is 5.26 Å². The van der Waals surface area contributed by atoms with E-state index >= 15 is 0 Å². The van der Waals surface area contributed by atoms with Crippen LogP contribution in [0, 0.1) is 11.3 Å². The third-order valence-corrected chi connectivity index (χ3v) is 5.05. The fourth-order valence-corrected chi connectivity index (χ4v) is 3.51. The summed E-state index contributed by atoms with van der Waals surface area (Å²) in [6.07, 6.45) is 3.23. The van der Waals surface area contributed by atoms with E-state index in [2.05, 4.69) is 66.2 Å². The van der Waals surface area contributed by atoms with Crippen molar-refractivity contribution in [2.24, 2.45) is 0 Å². The highest BCUT2D eigenvalue weighted by Crippen LogP contribution is 2.32. The van der Waals surface area contributed by atoms with Gasteiger partial charge in [0.25, 0.3) is 0 Å². The van der Waals surface area contributed by atoms with Crippen LogP contribution >= 0.6 is 0 Å². The number of nitrogens with zero attached hydrogens (tertiary/aromatic N) is 3. The van der Waals surface area contributed by atoms with Crippen LogP contribution in [0.2, 0.25) is 0 Å². The van der Waals surface area contributed by atoms with E-state index in [9.17, 15) is 5.26 Å². The number of aromatic nitrogens is 1. The average Bonchev–Trinajstić information content (AvgIpc) is 3.24. The summed E-state index contributed by atoms with van der Waals surface area (Å²) >= 11 is 0. The number of benzene rings is 2. The van der Waals surface area contributed by atoms with Gasteiger partial charge in [0.1, 0.15) is 17.6 Å². The molecule has 4 nitrogen and oxygen atoms in total. The maximum atomic E-state index is 9.28. The van der Waals surface area contributed by atoms with Gasteiger partial charge in [-0.25, -0.2) is 0 Å². The second-order valence-electron chi connectivity index (χ2n) is 6.62. The molecule has 2 heterocycles. The van der Waals surface area contributed by atoms with Crippen LogP contribution in [0.1, 0.15) is 19.4 Å². The lowest BCUT2D eigenvalue weighted by molar-refractivity contribution is 0.597. The van der Waals surface area contributed by atoms with Gasteiger partial charge in [0, 0.05) is 42.3 Å². The van der Waals surface area contributed by atoms with Crippen LogP contribution in [0.15, 0.2) is 71.4 Å². The van der Waals surface area contributed by atoms with Crippen LogP contribution < -0.4 is 4.90 Å². The molecule has 0 saturated heterocycles. The number of furan rings is 1. The van der Waals surface area contributed by atoms with Crippen molar-refractivity contribution >= 4 is 16.5 Å². The molecule has 0 atom stereocenters. The van der Waals surface area contributed by atoms with E-state index in [0.29, 0.717) is 11.3 Å². The van der Waals surface area contributed by atoms with E-state index in [-0.39, 0.29) is 0 Å². The second kappa shape index (κ2) is 7.58. The van der Waals surface area contributed by atoms with Gasteiger partial charge < -0.3 is 9.32 Å². The minimum absolute atomic E-state index is 0.505. The van der Waals surface area contributed by atoms with Gasteiger partial charge >= 0.3 is 0 Å². The summed E-state index contributed by atoms with van der Waals surface area (Å²) in [7, 11) is 0. The van der Waals surface area contributed by atoms with Crippen LogP contribution in [0.5, 0.6) is 0 Å². The van der Waals surface area contributed by atoms with E-state index in [1.165, 1.54) is 16.5 Å². The lowest BCUT2D eigenvalue weighted by atomic mass is 10.0. The van der Waals surface area contributed by atoms with Gasteiger partial charge in [-0.05, 0) is 61.0 Å². The molecule has 0 fully saturated rings. The molecule has 4 aromatic rings. The Morgan fingerprint density at radius 1 is 0.929 bits per heavy atom. The molecular weight excluding hydrogens is 346 g/mol. The maximum absolute atomic E-state index is 9.28. The van der Waals surface area contributed by atoms with Crippen molar-refractivity contribution in [3.05, 3.63) is 72.6 Å². The van der Waals surface area contributed by atoms with E-state index in [1.807, 2.05) is 12.1 Å². The summed E-state index contributed by atoms with van der Waals surface area (Å²) in [6, 6.07) is 20.7. The topological polar surface area (TPSA) is 53.1 Å². The third kappa shape index (κ3) is 3.23. The number of anilines is 1. The van der Waals surface area contributed by atoms with Crippen molar-refractivity contribution in [1.82, 2.24) is 4.98 Å². The van der Waals surface area contributed by atoms with Gasteiger partial charge in [0.2, 0.25) is 0 Å². The lowest BCUT2D eigenvalue weighted by Crippen LogP contribution is -2.21. The summed E-state index contributed by atoms with van der Waals surface area (Å²) in [6.45, 7) is 6.33. The fraction of sp³-hybridized carbons (Fsp3) is 0.167. The van der Waals surface area contributed by atoms with Crippen LogP contribution in [-0.4, -0.2) is 18.1 Å². The Balaban J connectivity index is 1.69. The number of hydrogen-bond acceptors (Lipinski definition) is 4. The molecule has 4 rings (SSSR count). The van der Waals surface area contributed by atoms with Crippen molar-refractivity contribution in [2.75, 3.05) is 18.0 Å². The molecule has 28 heavy (non-hydrogen) atoms. The second-order valence-corrected chi connectivity index (χ2v) is 6.62. The van der Waals surface area contributed by atoms with Gasteiger partial charge in [0.05, 0.1) is 5.56 Å². The molecule has 0 radical (unpaired) electrons. The molecule has 2 aromatic carbocycles. The molecule has 0 aliphatic heterocycles. The summed E-state index contributed by atoms with van der Waals surface area (Å²) in [4.78, 5) is 6.35. The van der Waals surface area contributed by atoms with E-state index in [1.54, 1.807) is 18.5 Å². The lowest BCUT2D eigenvalue weighted by Gasteiger charge is -2.21. The molecule has 0 aliphatic carbocycles. The first-order chi connectivity index (χ1) is 13.7. The van der Waals surface area contributed by atoms with Crippen molar-refractivity contribution in [1.29, 1.82) is 5.26 Å². The fourth-order valence-electron chi connectivity index (χ4n) is 3.51. The van der Waals surface area contributed by atoms with Gasteiger partial charge in [-0.15, -0.1) is 0 Å². The molecule has 0 saturated carbocycles. The highest BCUT2D eigenvalue weighted by atomic mass is 16.3. The Morgan fingerprint density at radius 3 is 2.46 bits per heavy atom. The molecule has 0 aliphatic rings. The number of nitriles is 1. The zero-order valence-corrected chi connectivity index (χ0v) is 16.0. The summed E-state index contributed by atoms with van der Waals surface area (Å²) in [5, 5.41) is 11.7. The summed E-state index contributed by atoms with van der Waals surface area (Å²) in [5.41, 5.74) is 3.52. The quantitative estimate of drug-likeness (QED) is 0.442. The van der Waals surface area contributed by atoms with E-state index < -0.39 is 0 Å². The number of fused-ring (bicyclic) bond motifs is 1. The Labute approximate surface area is 164 Å². The molecule has 2 aromatic heterocycles. The number of pyridine rings is 1. The molecular formula is C24H21N3O. The molecule has 0 amide bonds. The Bertz CT molecular complexity index is 1170. The van der Waals surface area contributed by atoms with Crippen molar-refractivity contribution in [2.45, 2.75) is 13.8 Å². The van der Waals surface area contributed by atoms with Crippen molar-refractivity contribution < 1.29 is 4.42 Å². The zero-order chi connectivity index (χ0) is 19.5. The molecule has 0 unspecified atom stereocenters. The van der Waals surface area contributed by atoms with Crippen LogP contribution in [0.3, 0.4) is 0 Å². The molecule has 4 heteroatoms. The molecule has 0 spiro atoms. The van der Waals surface area contributed by atoms with E-state index in [4.69, 9.17) is 4.42 Å². The zero-order valence-electron chi connectivity index (χ0n) is 16.0. The van der Waals surface area contributed by atoms with Crippen molar-refractivity contribution in [3.8, 4) is 28.7 Å². The number of rotatable bonds is 5. The molecule has 138 valence electrons. The SMILES string of the molecule is CCN(CC)c1ccc2cc(-c3ccc(-c4ccncc4C#N)o3)ccc2c1. The van der Waals surface area contributed by atoms with Gasteiger partial charge in [-0.1, -0.05) is 18.2 Å². The smallest absolute Gasteiger partial charge is 0.136 e. The van der Waals surface area contributed by atoms with Crippen LogP contribution in [-0.2, 0) is 0 Å². The Morgan fingerprint density at radius 2 is 1.68 bits per heavy atom. The summed E-state index contributed by atoms with van der Waals surface area (Å²) < 4.78 is 6.06. The third-order valence-electron chi connectivity index (χ3n) is 5.05. The van der Waals surface area contributed by atoms with Gasteiger partial charge in [0.15, 0.2) is 0 Å². The highest BCUT2D eigenvalue weighted by Gasteiger charge is 2.11. The molecule has 0 bridgehead atoms. The minimum atomic E-state index is 0.505. The molecule has 0 N–H and O–H groups in total. The van der Waals surface area contributed by atoms with E-state index in [0.717, 1.165) is 30.0 Å². The predicted octanol–water partition coefficient (Wildman–Crippen LogP) is 5.88. The van der Waals surface area contributed by atoms with Gasteiger partial charge in [-0.3, -0.25) is 4.98 Å². The van der Waals surface area contributed by atoms with Crippen LogP contribution in [0.25, 0.3) is 33.4 Å². The van der Waals surface area contributed by atoms with Crippen LogP contribution in [0.4, 0.5) is 5.69 Å². The first-order valence-corrected chi connectivity index (χ1v) is 9.47.